The molecule has 2 N–H and O–H groups in total. The zero-order valence-electron chi connectivity index (χ0n) is 13.1. The summed E-state index contributed by atoms with van der Waals surface area (Å²) < 4.78 is 10.7. The summed E-state index contributed by atoms with van der Waals surface area (Å²) in [5, 5.41) is 11.8. The van der Waals surface area contributed by atoms with E-state index in [0.29, 0.717) is 24.7 Å². The number of hydrogen-bond acceptors (Lipinski definition) is 4. The molecular weight excluding hydrogens is 298 g/mol. The number of carboxylic acids is 1. The smallest absolute Gasteiger partial charge is 0.326 e. The van der Waals surface area contributed by atoms with Crippen molar-refractivity contribution in [1.29, 1.82) is 0 Å². The quantitative estimate of drug-likeness (QED) is 0.725. The average Bonchev–Trinajstić information content (AvgIpc) is 3.06. The number of benzene rings is 1. The van der Waals surface area contributed by atoms with Crippen LogP contribution in [0.25, 0.3) is 0 Å². The van der Waals surface area contributed by atoms with Crippen molar-refractivity contribution < 1.29 is 24.2 Å². The number of rotatable bonds is 9. The van der Waals surface area contributed by atoms with E-state index in [2.05, 4.69) is 5.32 Å². The number of carbonyl (C=O) groups is 2. The van der Waals surface area contributed by atoms with E-state index in [4.69, 9.17) is 9.47 Å². The number of hydrogen-bond donors (Lipinski definition) is 2. The molecule has 1 aliphatic heterocycles. The third-order valence-corrected chi connectivity index (χ3v) is 3.86. The predicted molar refractivity (Wildman–Crippen MR) is 84.3 cm³/mol. The van der Waals surface area contributed by atoms with E-state index in [1.54, 1.807) is 12.1 Å². The first-order valence-corrected chi connectivity index (χ1v) is 7.93. The molecule has 1 heterocycles. The lowest BCUT2D eigenvalue weighted by Crippen LogP contribution is -2.41. The highest BCUT2D eigenvalue weighted by atomic mass is 16.5. The summed E-state index contributed by atoms with van der Waals surface area (Å²) in [5.74, 6) is -0.183. The summed E-state index contributed by atoms with van der Waals surface area (Å²) in [6.45, 7) is 1.68. The molecule has 6 heteroatoms. The number of carboxylic acid groups (broad SMARTS) is 1. The fraction of sp³-hybridized carbons (Fsp3) is 0.529. The van der Waals surface area contributed by atoms with Crippen molar-refractivity contribution in [2.45, 2.75) is 31.7 Å². The lowest BCUT2D eigenvalue weighted by atomic mass is 10.0. The standard InChI is InChI=1S/C17H23NO5/c19-16(7-6-13-8-10-22-12-13)18-15(17(20)21)9-11-23-14-4-2-1-3-5-14/h1-5,13,15H,6-12H2,(H,18,19)(H,20,21)/t13?,15-/m0/s1. The second-order valence-corrected chi connectivity index (χ2v) is 5.68. The van der Waals surface area contributed by atoms with Crippen LogP contribution in [-0.4, -0.2) is 42.8 Å². The maximum atomic E-state index is 11.9. The zero-order chi connectivity index (χ0) is 16.5. The highest BCUT2D eigenvalue weighted by Crippen LogP contribution is 2.17. The van der Waals surface area contributed by atoms with Crippen LogP contribution in [0.15, 0.2) is 30.3 Å². The Bertz CT molecular complexity index is 499. The molecule has 1 fully saturated rings. The third-order valence-electron chi connectivity index (χ3n) is 3.86. The van der Waals surface area contributed by atoms with Gasteiger partial charge in [-0.25, -0.2) is 4.79 Å². The minimum Gasteiger partial charge on any atom is -0.494 e. The molecule has 126 valence electrons. The molecular formula is C17H23NO5. The second kappa shape index (κ2) is 9.15. The van der Waals surface area contributed by atoms with Gasteiger partial charge in [-0.15, -0.1) is 0 Å². The number of carbonyl (C=O) groups excluding carboxylic acids is 1. The Morgan fingerprint density at radius 1 is 1.35 bits per heavy atom. The Hall–Kier alpha value is -2.08. The summed E-state index contributed by atoms with van der Waals surface area (Å²) in [4.78, 5) is 23.1. The van der Waals surface area contributed by atoms with Crippen LogP contribution in [0.4, 0.5) is 0 Å². The van der Waals surface area contributed by atoms with E-state index in [-0.39, 0.29) is 18.9 Å². The molecule has 1 aliphatic rings. The summed E-state index contributed by atoms with van der Waals surface area (Å²) in [6.07, 6.45) is 2.26. The Morgan fingerprint density at radius 2 is 2.13 bits per heavy atom. The van der Waals surface area contributed by atoms with Gasteiger partial charge in [-0.3, -0.25) is 4.79 Å². The number of para-hydroxylation sites is 1. The first-order valence-electron chi connectivity index (χ1n) is 7.93. The van der Waals surface area contributed by atoms with Gasteiger partial charge in [0.05, 0.1) is 6.61 Å². The molecule has 0 aromatic heterocycles. The van der Waals surface area contributed by atoms with Gasteiger partial charge < -0.3 is 19.9 Å². The molecule has 1 amide bonds. The van der Waals surface area contributed by atoms with Crippen LogP contribution in [0.5, 0.6) is 5.75 Å². The van der Waals surface area contributed by atoms with E-state index < -0.39 is 12.0 Å². The summed E-state index contributed by atoms with van der Waals surface area (Å²) in [6, 6.07) is 8.25. The van der Waals surface area contributed by atoms with Gasteiger partial charge in [0.25, 0.3) is 0 Å². The number of amides is 1. The van der Waals surface area contributed by atoms with Gasteiger partial charge in [-0.1, -0.05) is 18.2 Å². The van der Waals surface area contributed by atoms with E-state index in [0.717, 1.165) is 19.4 Å². The predicted octanol–water partition coefficient (Wildman–Crippen LogP) is 1.84. The van der Waals surface area contributed by atoms with Crippen LogP contribution in [0.1, 0.15) is 25.7 Å². The zero-order valence-corrected chi connectivity index (χ0v) is 13.1. The number of nitrogens with one attached hydrogen (secondary N) is 1. The van der Waals surface area contributed by atoms with Crippen molar-refractivity contribution in [3.63, 3.8) is 0 Å². The molecule has 2 atom stereocenters. The molecule has 2 rings (SSSR count). The Morgan fingerprint density at radius 3 is 2.78 bits per heavy atom. The maximum absolute atomic E-state index is 11.9. The molecule has 0 spiro atoms. The highest BCUT2D eigenvalue weighted by molar-refractivity contribution is 5.83. The Kier molecular flexibility index (Phi) is 6.87. The van der Waals surface area contributed by atoms with E-state index >= 15 is 0 Å². The van der Waals surface area contributed by atoms with Gasteiger partial charge in [0.2, 0.25) is 5.91 Å². The normalized spacial score (nSPS) is 18.3. The topological polar surface area (TPSA) is 84.9 Å². The minimum absolute atomic E-state index is 0.225. The van der Waals surface area contributed by atoms with Crippen LogP contribution >= 0.6 is 0 Å². The average molecular weight is 321 g/mol. The van der Waals surface area contributed by atoms with Crippen molar-refractivity contribution in [2.24, 2.45) is 5.92 Å². The van der Waals surface area contributed by atoms with Crippen molar-refractivity contribution in [2.75, 3.05) is 19.8 Å². The monoisotopic (exact) mass is 321 g/mol. The molecule has 0 aliphatic carbocycles. The molecule has 0 bridgehead atoms. The molecule has 23 heavy (non-hydrogen) atoms. The Labute approximate surface area is 135 Å². The lowest BCUT2D eigenvalue weighted by Gasteiger charge is -2.15. The van der Waals surface area contributed by atoms with Gasteiger partial charge >= 0.3 is 5.97 Å². The minimum atomic E-state index is -1.04. The number of ether oxygens (including phenoxy) is 2. The molecule has 1 unspecified atom stereocenters. The summed E-state index contributed by atoms with van der Waals surface area (Å²) >= 11 is 0. The fourth-order valence-electron chi connectivity index (χ4n) is 2.48. The van der Waals surface area contributed by atoms with Gasteiger partial charge in [0, 0.05) is 26.1 Å². The van der Waals surface area contributed by atoms with Crippen molar-refractivity contribution in [3.05, 3.63) is 30.3 Å². The van der Waals surface area contributed by atoms with Gasteiger partial charge in [0.15, 0.2) is 0 Å². The summed E-state index contributed by atoms with van der Waals surface area (Å²) in [5.41, 5.74) is 0. The first-order chi connectivity index (χ1) is 11.1. The fourth-order valence-corrected chi connectivity index (χ4v) is 2.48. The van der Waals surface area contributed by atoms with Gasteiger partial charge in [0.1, 0.15) is 11.8 Å². The van der Waals surface area contributed by atoms with Crippen LogP contribution in [-0.2, 0) is 14.3 Å². The molecule has 6 nitrogen and oxygen atoms in total. The van der Waals surface area contributed by atoms with E-state index in [1.807, 2.05) is 18.2 Å². The lowest BCUT2D eigenvalue weighted by molar-refractivity contribution is -0.142. The van der Waals surface area contributed by atoms with E-state index in [9.17, 15) is 14.7 Å². The molecule has 0 saturated carbocycles. The maximum Gasteiger partial charge on any atom is 0.326 e. The van der Waals surface area contributed by atoms with Crippen molar-refractivity contribution in [1.82, 2.24) is 5.32 Å². The largest absolute Gasteiger partial charge is 0.494 e. The van der Waals surface area contributed by atoms with Crippen molar-refractivity contribution in [3.8, 4) is 5.75 Å². The van der Waals surface area contributed by atoms with Crippen LogP contribution in [0, 0.1) is 5.92 Å². The molecule has 1 aromatic rings. The second-order valence-electron chi connectivity index (χ2n) is 5.68. The summed E-state index contributed by atoms with van der Waals surface area (Å²) in [7, 11) is 0. The first kappa shape index (κ1) is 17.3. The SMILES string of the molecule is O=C(CCC1CCOC1)N[C@@H](CCOc1ccccc1)C(=O)O. The Balaban J connectivity index is 1.69. The van der Waals surface area contributed by atoms with Crippen LogP contribution in [0.2, 0.25) is 0 Å². The highest BCUT2D eigenvalue weighted by Gasteiger charge is 2.21. The number of aliphatic carboxylic acids is 1. The molecule has 1 aromatic carbocycles. The third kappa shape index (κ3) is 6.28. The van der Waals surface area contributed by atoms with Gasteiger partial charge in [-0.2, -0.15) is 0 Å². The molecule has 1 saturated heterocycles. The van der Waals surface area contributed by atoms with Gasteiger partial charge in [-0.05, 0) is 30.9 Å². The van der Waals surface area contributed by atoms with E-state index in [1.165, 1.54) is 0 Å². The van der Waals surface area contributed by atoms with Crippen molar-refractivity contribution >= 4 is 11.9 Å². The molecule has 0 radical (unpaired) electrons. The van der Waals surface area contributed by atoms with Crippen LogP contribution in [0.3, 0.4) is 0 Å². The van der Waals surface area contributed by atoms with Crippen LogP contribution < -0.4 is 10.1 Å².